The zero-order valence-electron chi connectivity index (χ0n) is 85.0. The second-order valence-corrected chi connectivity index (χ2v) is 38.7. The lowest BCUT2D eigenvalue weighted by Gasteiger charge is -2.37. The number of fused-ring (bicyclic) bond motifs is 28. The third-order valence-corrected chi connectivity index (χ3v) is 28.1. The Bertz CT molecular complexity index is 5670. The summed E-state index contributed by atoms with van der Waals surface area (Å²) in [6, 6.07) is 0. The molecule has 8 heterocycles. The van der Waals surface area contributed by atoms with Crippen LogP contribution in [0.5, 0.6) is 34.5 Å². The maximum Gasteiger partial charge on any atom is 0.312 e. The van der Waals surface area contributed by atoms with Crippen LogP contribution < -0.4 is 20.1 Å². The first-order valence-corrected chi connectivity index (χ1v) is 48.5. The molecule has 0 spiro atoms. The summed E-state index contributed by atoms with van der Waals surface area (Å²) >= 11 is 0. The number of amides is 2. The molecular weight excluding hydrogens is 1870 g/mol. The van der Waals surface area contributed by atoms with Crippen molar-refractivity contribution in [3.8, 4) is 34.5 Å². The topological polar surface area (TPSA) is 536 Å². The summed E-state index contributed by atoms with van der Waals surface area (Å²) in [7, 11) is 0. The van der Waals surface area contributed by atoms with Crippen molar-refractivity contribution in [2.75, 3.05) is 84.0 Å². The highest BCUT2D eigenvalue weighted by molar-refractivity contribution is 6.38. The number of hydrazone groups is 2. The van der Waals surface area contributed by atoms with Gasteiger partial charge in [-0.3, -0.25) is 67.8 Å². The number of nitrogens with zero attached hydrogens (tertiary/aromatic N) is 6. The SMILES string of the molecule is C=C(CCC(=O)CC(C=O)C=O)OCCN1CCN(/N=C/C2=C3NC(=O)/C(C)=C\C=C\[C@H](C)[C@H](O)[C@@H](C)[C@@H](O)[C@@H](C)[C@H](OC(C)=O)[C@H](C)[C@@H](C)/C=C/O[C@@]4(C)Oc5c(C)c(O)c(c(c5C4=O)C2=O)C3=O)CC1.C=C(CCC(=O)CC(C=O)C=O)OCCN1CCN(/N=C/c2c3c(O)c4c(O)c(C)c5c(c4c2O)C(=O)[C@@](C)(O/C=C/[C@H](C)[C@@H](C)[C@@H](OC(C)=O)[C@H](C)[C@H](O)[C@H](C)[C@@H](O)[C@@H](C)/C=C/C=C(/C)C(=O)N3)O5)CC1. The number of phenols is 4. The maximum atomic E-state index is 14.9. The molecule has 1 aliphatic carbocycles. The molecule has 2 fully saturated rings. The van der Waals surface area contributed by atoms with Crippen LogP contribution in [0.1, 0.15) is 207 Å². The second-order valence-electron chi connectivity index (χ2n) is 38.7. The van der Waals surface area contributed by atoms with Gasteiger partial charge in [-0.25, -0.2) is 0 Å². The minimum atomic E-state index is -2.09. The number of carbonyl (C=O) groups excluding carboxylic acids is 14. The molecular formula is C106H138N8O30. The van der Waals surface area contributed by atoms with Crippen LogP contribution in [0.2, 0.25) is 0 Å². The van der Waals surface area contributed by atoms with E-state index < -0.39 is 200 Å². The molecule has 2 saturated heterocycles. The lowest BCUT2D eigenvalue weighted by Crippen LogP contribution is -2.45. The molecule has 10 bridgehead atoms. The number of allylic oxidation sites excluding steroid dienone is 10. The first kappa shape index (κ1) is 114. The van der Waals surface area contributed by atoms with Crippen LogP contribution in [-0.2, 0) is 76.4 Å². The standard InChI is InChI=1S/C53H70N4O15.C53H68N4O15/c2*1-28-16-22-70-53(10)51(67)42-40-41(46(64)35(8)50(42)72-53)48(66)43(55-52(68)30(3)13-11-12-29(2)44(62)33(6)45(63)34(7)49(32(28)5)71-36(9)60)39(47(40)65)25-54-57-19-17-56(18-20-57)21-23-69-31(4)14-15-38(61)24-37(26-58)27-59/h11-13,16,22,25-29,32-34,37,44-45,49,62-66H,4,14-15,17-21,23-24H2,1-3,5-10H3,(H,55,68);11-13,16,22,25-29,32-34,37,44-45,49,62-64H,4,14-15,17-21,23-24H2,1-3,5-10H3,(H,55,68)/b2*12-11+,22-16+,30-13-,54-25+/t2*28-,29-,32+,33+,34+,44-,45+,49+,53-/m00/s1. The Kier molecular flexibility index (Phi) is 40.0. The Hall–Kier alpha value is -13.1. The lowest BCUT2D eigenvalue weighted by molar-refractivity contribution is -0.159. The summed E-state index contributed by atoms with van der Waals surface area (Å²) in [5.41, 5.74) is -2.61. The van der Waals surface area contributed by atoms with E-state index in [0.717, 1.165) is 6.21 Å². The zero-order valence-corrected chi connectivity index (χ0v) is 85.0. The van der Waals surface area contributed by atoms with Gasteiger partial charge < -0.3 is 109 Å². The lowest BCUT2D eigenvalue weighted by atomic mass is 9.77. The number of ketones is 6. The van der Waals surface area contributed by atoms with Crippen molar-refractivity contribution in [1.29, 1.82) is 0 Å². The molecule has 10 N–H and O–H groups in total. The van der Waals surface area contributed by atoms with Crippen molar-refractivity contribution in [3.63, 3.8) is 0 Å². The molecule has 144 heavy (non-hydrogen) atoms. The quantitative estimate of drug-likeness (QED) is 0.00614. The van der Waals surface area contributed by atoms with E-state index in [-0.39, 0.29) is 142 Å². The van der Waals surface area contributed by atoms with E-state index in [4.69, 9.17) is 37.9 Å². The molecule has 12 rings (SSSR count). The van der Waals surface area contributed by atoms with Gasteiger partial charge in [-0.1, -0.05) is 119 Å². The van der Waals surface area contributed by atoms with Crippen LogP contribution in [0, 0.1) is 84.9 Å². The van der Waals surface area contributed by atoms with Crippen molar-refractivity contribution in [3.05, 3.63) is 147 Å². The number of hydrogen-bond donors (Lipinski definition) is 10. The summed E-state index contributed by atoms with van der Waals surface area (Å²) in [6.07, 6.45) is 13.6. The number of esters is 2. The average molecular weight is 2000 g/mol. The maximum absolute atomic E-state index is 14.9. The van der Waals surface area contributed by atoms with Gasteiger partial charge in [0.25, 0.3) is 23.4 Å². The highest BCUT2D eigenvalue weighted by Gasteiger charge is 2.54. The van der Waals surface area contributed by atoms with Crippen LogP contribution in [-0.4, -0.2) is 284 Å². The predicted molar refractivity (Wildman–Crippen MR) is 530 cm³/mol. The molecule has 9 aliphatic rings. The van der Waals surface area contributed by atoms with E-state index in [1.54, 1.807) is 88.0 Å². The van der Waals surface area contributed by atoms with Gasteiger partial charge >= 0.3 is 23.5 Å². The third kappa shape index (κ3) is 27.1. The fourth-order valence-electron chi connectivity index (χ4n) is 18.2. The second kappa shape index (κ2) is 50.4. The normalized spacial score (nSPS) is 28.7. The Morgan fingerprint density at radius 2 is 0.882 bits per heavy atom. The van der Waals surface area contributed by atoms with Gasteiger partial charge in [0, 0.05) is 195 Å². The average Bonchev–Trinajstić information content (AvgIpc) is 1.53. The molecule has 0 saturated carbocycles. The monoisotopic (exact) mass is 2000 g/mol. The molecule has 38 nitrogen and oxygen atoms in total. The van der Waals surface area contributed by atoms with Crippen LogP contribution in [0.25, 0.3) is 10.8 Å². The van der Waals surface area contributed by atoms with Crippen molar-refractivity contribution in [2.45, 2.75) is 211 Å². The van der Waals surface area contributed by atoms with E-state index in [9.17, 15) is 108 Å². The summed E-state index contributed by atoms with van der Waals surface area (Å²) in [4.78, 5) is 183. The smallest absolute Gasteiger partial charge is 0.312 e. The summed E-state index contributed by atoms with van der Waals surface area (Å²) < 4.78 is 47.3. The number of Topliss-reactive ketones (excluding diaryl/α,β-unsaturated/α-hetero) is 6. The Morgan fingerprint density at radius 1 is 0.479 bits per heavy atom. The van der Waals surface area contributed by atoms with Gasteiger partial charge in [0.15, 0.2) is 11.5 Å². The fourth-order valence-corrected chi connectivity index (χ4v) is 18.2. The van der Waals surface area contributed by atoms with E-state index >= 15 is 0 Å². The van der Waals surface area contributed by atoms with Gasteiger partial charge in [-0.05, 0) is 63.5 Å². The first-order chi connectivity index (χ1) is 67.9. The molecule has 18 atom stereocenters. The van der Waals surface area contributed by atoms with Gasteiger partial charge in [0.05, 0.1) is 117 Å². The van der Waals surface area contributed by atoms with Gasteiger partial charge in [-0.2, -0.15) is 10.2 Å². The fraction of sp³-hybridized carbons (Fsp3) is 0.528. The largest absolute Gasteiger partial charge is 0.507 e. The Labute approximate surface area is 837 Å². The zero-order chi connectivity index (χ0) is 107. The highest BCUT2D eigenvalue weighted by atomic mass is 16.7. The number of nitrogens with one attached hydrogen (secondary N) is 2. The van der Waals surface area contributed by atoms with Crippen LogP contribution >= 0.6 is 0 Å². The number of ether oxygens (including phenoxy) is 8. The third-order valence-electron chi connectivity index (χ3n) is 28.1. The first-order valence-electron chi connectivity index (χ1n) is 48.5. The number of benzene rings is 3. The van der Waals surface area contributed by atoms with Crippen molar-refractivity contribution < 1.29 is 146 Å². The molecule has 3 aromatic rings. The predicted octanol–water partition coefficient (Wildman–Crippen LogP) is 10.1. The van der Waals surface area contributed by atoms with E-state index in [1.807, 2.05) is 27.7 Å². The van der Waals surface area contributed by atoms with Crippen LogP contribution in [0.4, 0.5) is 5.69 Å². The number of anilines is 1. The van der Waals surface area contributed by atoms with Crippen molar-refractivity contribution in [2.24, 2.45) is 81.2 Å². The van der Waals surface area contributed by atoms with E-state index in [1.165, 1.54) is 86.3 Å². The molecule has 38 heteroatoms. The van der Waals surface area contributed by atoms with Gasteiger partial charge in [-0.15, -0.1) is 0 Å². The van der Waals surface area contributed by atoms with E-state index in [2.05, 4.69) is 43.8 Å². The summed E-state index contributed by atoms with van der Waals surface area (Å²) in [6.45, 7) is 41.7. The van der Waals surface area contributed by atoms with Crippen molar-refractivity contribution >= 4 is 112 Å². The van der Waals surface area contributed by atoms with Crippen LogP contribution in [0.15, 0.2) is 118 Å². The number of piperazine rings is 2. The number of hydrogen-bond acceptors (Lipinski definition) is 36. The minimum Gasteiger partial charge on any atom is -0.507 e. The Balaban J connectivity index is 0.000000321. The summed E-state index contributed by atoms with van der Waals surface area (Å²) in [5.74, 6) is -20.0. The molecule has 8 aliphatic heterocycles. The van der Waals surface area contributed by atoms with E-state index in [0.29, 0.717) is 102 Å². The molecule has 0 radical (unpaired) electrons. The van der Waals surface area contributed by atoms with Crippen molar-refractivity contribution in [1.82, 2.24) is 25.1 Å². The number of aliphatic hydroxyl groups is 4. The molecule has 3 aromatic carbocycles. The minimum absolute atomic E-state index is 0.0316. The highest BCUT2D eigenvalue weighted by Crippen LogP contribution is 2.56. The summed E-state index contributed by atoms with van der Waals surface area (Å²) in [5, 5.41) is 111. The number of aromatic hydroxyl groups is 4. The number of aliphatic hydroxyl groups excluding tert-OH is 4. The number of aldehydes is 4. The van der Waals surface area contributed by atoms with Gasteiger partial charge in [0.2, 0.25) is 5.78 Å². The molecule has 2 amide bonds. The van der Waals surface area contributed by atoms with Crippen LogP contribution in [0.3, 0.4) is 0 Å². The molecule has 782 valence electrons. The molecule has 0 aromatic heterocycles. The molecule has 0 unspecified atom stereocenters. The number of phenolic OH excluding ortho intramolecular Hbond substituents is 4. The number of rotatable bonds is 28. The van der Waals surface area contributed by atoms with Gasteiger partial charge in [0.1, 0.15) is 96.6 Å². The number of carbonyl (C=O) groups is 14. The Morgan fingerprint density at radius 3 is 1.31 bits per heavy atom.